The second-order valence-corrected chi connectivity index (χ2v) is 23.6. The second-order valence-electron chi connectivity index (χ2n) is 23.6. The standard InChI is InChI=1S/C36H30F7N9O2.C27H32BF3N4O3.CH4/c37-26-4-11-30(31(38)19-26)34(54,21-51-23-45-46-47-51)36(42,43)32-12-3-25(20-44-32)24-1-5-27(6-2-24)48-13-15-49(16-14-48)28-7-9-29(10-8-28)52-18-17-50(33(52)53)22-35(39,40)41;1-25(2)26(3,4)38-28(37-25)20-5-7-21(8-6-20)32-13-15-33(16-14-32)22-9-11-23(12-10-22)35-18-17-34(24(35)36)19-27(29,30)31;/h1-12,17-20,23,54H,13-16,21-22H2;5-12,17-18H,13-16,19H2,1-4H3;1H4/t34-;;/m0../s1. The van der Waals surface area contributed by atoms with Gasteiger partial charge in [-0.3, -0.25) is 23.3 Å². The summed E-state index contributed by atoms with van der Waals surface area (Å²) in [5.74, 6) is -6.57. The van der Waals surface area contributed by atoms with E-state index in [-0.39, 0.29) is 25.7 Å². The molecular formula is C64H66BF10N13O5. The first-order valence-corrected chi connectivity index (χ1v) is 29.2. The fraction of sp³-hybridized carbons (Fsp3) is 0.344. The minimum atomic E-state index is -4.51. The van der Waals surface area contributed by atoms with Crippen LogP contribution in [0.25, 0.3) is 22.5 Å². The largest absolute Gasteiger partial charge is 0.494 e. The molecule has 0 spiro atoms. The number of hydrogen-bond acceptors (Lipinski definition) is 13. The molecule has 4 aromatic heterocycles. The number of benzene rings is 5. The number of aromatic nitrogens is 9. The lowest BCUT2D eigenvalue weighted by Crippen LogP contribution is -2.48. The molecule has 12 rings (SSSR count). The van der Waals surface area contributed by atoms with Crippen LogP contribution in [0.3, 0.4) is 0 Å². The monoisotopic (exact) mass is 1300 g/mol. The van der Waals surface area contributed by atoms with Crippen LogP contribution in [-0.4, -0.2) is 132 Å². The number of aliphatic hydroxyl groups is 1. The highest BCUT2D eigenvalue weighted by atomic mass is 19.4. The fourth-order valence-corrected chi connectivity index (χ4v) is 11.3. The van der Waals surface area contributed by atoms with Crippen molar-refractivity contribution in [2.75, 3.05) is 72.0 Å². The molecule has 0 aliphatic carbocycles. The summed E-state index contributed by atoms with van der Waals surface area (Å²) in [5.41, 5.74) is -0.0746. The van der Waals surface area contributed by atoms with Gasteiger partial charge in [-0.25, -0.2) is 23.1 Å². The summed E-state index contributed by atoms with van der Waals surface area (Å²) in [5, 5.41) is 21.7. The maximum atomic E-state index is 16.1. The molecule has 0 unspecified atom stereocenters. The number of rotatable bonds is 15. The molecule has 3 saturated heterocycles. The Labute approximate surface area is 528 Å². The molecule has 5 aromatic carbocycles. The summed E-state index contributed by atoms with van der Waals surface area (Å²) in [6.07, 6.45) is -1.83. The highest BCUT2D eigenvalue weighted by molar-refractivity contribution is 6.62. The van der Waals surface area contributed by atoms with Gasteiger partial charge < -0.3 is 34.0 Å². The fourth-order valence-electron chi connectivity index (χ4n) is 11.3. The van der Waals surface area contributed by atoms with Gasteiger partial charge in [0.1, 0.15) is 36.7 Å². The Morgan fingerprint density at radius 1 is 0.527 bits per heavy atom. The van der Waals surface area contributed by atoms with Gasteiger partial charge >= 0.3 is 36.8 Å². The van der Waals surface area contributed by atoms with Crippen molar-refractivity contribution in [1.29, 1.82) is 0 Å². The summed E-state index contributed by atoms with van der Waals surface area (Å²) < 4.78 is 154. The number of alkyl halides is 8. The van der Waals surface area contributed by atoms with E-state index in [1.54, 1.807) is 24.3 Å². The first-order chi connectivity index (χ1) is 43.5. The lowest BCUT2D eigenvalue weighted by molar-refractivity contribution is -0.207. The van der Waals surface area contributed by atoms with Crippen LogP contribution in [0.5, 0.6) is 0 Å². The molecule has 0 saturated carbocycles. The van der Waals surface area contributed by atoms with Crippen molar-refractivity contribution in [3.05, 3.63) is 209 Å². The van der Waals surface area contributed by atoms with Crippen LogP contribution in [0.15, 0.2) is 174 Å². The van der Waals surface area contributed by atoms with Crippen molar-refractivity contribution in [2.24, 2.45) is 0 Å². The van der Waals surface area contributed by atoms with Crippen LogP contribution >= 0.6 is 0 Å². The molecule has 7 heterocycles. The number of hydrogen-bond donors (Lipinski definition) is 1. The van der Waals surface area contributed by atoms with Crippen LogP contribution in [0, 0.1) is 11.6 Å². The average molecular weight is 1300 g/mol. The molecule has 3 fully saturated rings. The van der Waals surface area contributed by atoms with Crippen LogP contribution in [0.2, 0.25) is 0 Å². The molecule has 3 aliphatic rings. The highest BCUT2D eigenvalue weighted by Gasteiger charge is 2.58. The predicted octanol–water partition coefficient (Wildman–Crippen LogP) is 10.00. The summed E-state index contributed by atoms with van der Waals surface area (Å²) in [6.45, 7) is 10.6. The summed E-state index contributed by atoms with van der Waals surface area (Å²) in [4.78, 5) is 37.7. The van der Waals surface area contributed by atoms with E-state index < -0.39 is 77.8 Å². The number of tetrazole rings is 1. The van der Waals surface area contributed by atoms with Gasteiger partial charge in [0.2, 0.25) is 0 Å². The van der Waals surface area contributed by atoms with E-state index in [0.29, 0.717) is 63.9 Å². The maximum Gasteiger partial charge on any atom is 0.494 e. The quantitative estimate of drug-likeness (QED) is 0.0763. The molecule has 1 atom stereocenters. The van der Waals surface area contributed by atoms with Crippen molar-refractivity contribution in [3.63, 3.8) is 0 Å². The molecular weight excluding hydrogens is 1230 g/mol. The van der Waals surface area contributed by atoms with E-state index in [4.69, 9.17) is 9.31 Å². The van der Waals surface area contributed by atoms with E-state index in [1.165, 1.54) is 29.2 Å². The maximum absolute atomic E-state index is 16.1. The smallest absolute Gasteiger partial charge is 0.399 e. The van der Waals surface area contributed by atoms with E-state index in [9.17, 15) is 49.8 Å². The summed E-state index contributed by atoms with van der Waals surface area (Å²) in [6, 6.07) is 34.4. The third kappa shape index (κ3) is 14.4. The molecule has 29 heteroatoms. The Morgan fingerprint density at radius 2 is 0.935 bits per heavy atom. The Balaban J connectivity index is 0.000000213. The lowest BCUT2D eigenvalue weighted by Gasteiger charge is -2.37. The number of halogens is 10. The number of anilines is 4. The Hall–Kier alpha value is -9.22. The Bertz CT molecular complexity index is 4090. The van der Waals surface area contributed by atoms with E-state index in [2.05, 4.69) is 64.4 Å². The van der Waals surface area contributed by atoms with Gasteiger partial charge in [0.15, 0.2) is 5.60 Å². The molecule has 1 N–H and O–H groups in total. The molecule has 3 aliphatic heterocycles. The van der Waals surface area contributed by atoms with E-state index in [0.717, 1.165) is 101 Å². The van der Waals surface area contributed by atoms with Crippen LogP contribution < -0.4 is 36.4 Å². The third-order valence-corrected chi connectivity index (χ3v) is 17.1. The molecule has 0 bridgehead atoms. The van der Waals surface area contributed by atoms with Gasteiger partial charge in [-0.2, -0.15) is 35.1 Å². The van der Waals surface area contributed by atoms with Gasteiger partial charge in [-0.05, 0) is 140 Å². The molecule has 0 amide bonds. The molecule has 93 heavy (non-hydrogen) atoms. The zero-order chi connectivity index (χ0) is 65.5. The minimum Gasteiger partial charge on any atom is -0.399 e. The molecule has 0 radical (unpaired) electrons. The Kier molecular flexibility index (Phi) is 18.7. The zero-order valence-electron chi connectivity index (χ0n) is 50.1. The van der Waals surface area contributed by atoms with Gasteiger partial charge in [0.25, 0.3) is 0 Å². The van der Waals surface area contributed by atoms with Gasteiger partial charge in [-0.15, -0.1) is 5.10 Å². The summed E-state index contributed by atoms with van der Waals surface area (Å²) in [7, 11) is -0.382. The average Bonchev–Trinajstić information content (AvgIpc) is 1.36. The van der Waals surface area contributed by atoms with E-state index >= 15 is 8.78 Å². The highest BCUT2D eigenvalue weighted by Crippen LogP contribution is 2.47. The van der Waals surface area contributed by atoms with Crippen molar-refractivity contribution < 1.29 is 58.3 Å². The number of imidazole rings is 2. The number of nitrogens with zero attached hydrogens (tertiary/aromatic N) is 13. The topological polar surface area (TPSA) is 162 Å². The van der Waals surface area contributed by atoms with Gasteiger partial charge in [0.05, 0.1) is 29.1 Å². The summed E-state index contributed by atoms with van der Waals surface area (Å²) >= 11 is 0. The first kappa shape index (κ1) is 66.7. The minimum absolute atomic E-state index is 0. The first-order valence-electron chi connectivity index (χ1n) is 29.2. The second kappa shape index (κ2) is 26.1. The van der Waals surface area contributed by atoms with Crippen LogP contribution in [-0.2, 0) is 40.5 Å². The SMILES string of the molecule is C.CC1(C)OB(c2ccc(N3CCN(c4ccc(-n5ccn(CC(F)(F)F)c5=O)cc4)CC3)cc2)OC1(C)C.O=c1n(CC(F)(F)F)ccn1-c1ccc(N2CCN(c3ccc(-c4ccc(C(F)(F)[C@](O)(Cn5cnnn5)c5ccc(F)cc5F)nc4)cc3)CC2)cc1. The third-order valence-electron chi connectivity index (χ3n) is 17.1. The van der Waals surface area contributed by atoms with Crippen LogP contribution in [0.4, 0.5) is 66.7 Å². The van der Waals surface area contributed by atoms with Crippen molar-refractivity contribution in [2.45, 2.75) is 89.8 Å². The normalized spacial score (nSPS) is 16.6. The van der Waals surface area contributed by atoms with Gasteiger partial charge in [-0.1, -0.05) is 37.8 Å². The van der Waals surface area contributed by atoms with Crippen LogP contribution in [0.1, 0.15) is 46.4 Å². The van der Waals surface area contributed by atoms with Crippen molar-refractivity contribution in [1.82, 2.24) is 43.5 Å². The number of pyridine rings is 1. The van der Waals surface area contributed by atoms with Crippen molar-refractivity contribution in [3.8, 4) is 22.5 Å². The molecule has 490 valence electrons. The molecule has 9 aromatic rings. The lowest BCUT2D eigenvalue weighted by atomic mass is 9.79. The Morgan fingerprint density at radius 3 is 1.32 bits per heavy atom. The van der Waals surface area contributed by atoms with Gasteiger partial charge in [0, 0.05) is 123 Å². The molecule has 18 nitrogen and oxygen atoms in total. The van der Waals surface area contributed by atoms with E-state index in [1.807, 2.05) is 76.2 Å². The van der Waals surface area contributed by atoms with Crippen molar-refractivity contribution >= 4 is 35.3 Å². The number of piperazine rings is 2. The zero-order valence-corrected chi connectivity index (χ0v) is 50.1. The predicted molar refractivity (Wildman–Crippen MR) is 332 cm³/mol.